The fraction of sp³-hybridized carbons (Fsp3) is 0.823. The van der Waals surface area contributed by atoms with Crippen LogP contribution in [0.2, 0.25) is 0 Å². The van der Waals surface area contributed by atoms with Gasteiger partial charge in [0.15, 0.2) is 6.10 Å². The lowest BCUT2D eigenvalue weighted by Crippen LogP contribution is -2.30. The van der Waals surface area contributed by atoms with Crippen LogP contribution < -0.4 is 0 Å². The molecule has 68 heavy (non-hydrogen) atoms. The molecule has 0 aromatic rings. The van der Waals surface area contributed by atoms with Crippen LogP contribution in [0.15, 0.2) is 48.6 Å². The summed E-state index contributed by atoms with van der Waals surface area (Å²) in [6.45, 7) is 6.63. The highest BCUT2D eigenvalue weighted by Gasteiger charge is 2.19. The maximum Gasteiger partial charge on any atom is 0.306 e. The minimum Gasteiger partial charge on any atom is -0.462 e. The number of carbonyl (C=O) groups excluding carboxylic acids is 3. The van der Waals surface area contributed by atoms with E-state index in [9.17, 15) is 14.4 Å². The van der Waals surface area contributed by atoms with E-state index in [1.807, 2.05) is 0 Å². The summed E-state index contributed by atoms with van der Waals surface area (Å²) < 4.78 is 16.9. The first-order valence-corrected chi connectivity index (χ1v) is 29.7. The quantitative estimate of drug-likeness (QED) is 0.0262. The van der Waals surface area contributed by atoms with Crippen LogP contribution in [-0.2, 0) is 28.6 Å². The van der Waals surface area contributed by atoms with Crippen molar-refractivity contribution < 1.29 is 28.6 Å². The third kappa shape index (κ3) is 54.3. The van der Waals surface area contributed by atoms with Crippen LogP contribution in [0.25, 0.3) is 0 Å². The van der Waals surface area contributed by atoms with Gasteiger partial charge in [-0.15, -0.1) is 0 Å². The first kappa shape index (κ1) is 65.4. The highest BCUT2D eigenvalue weighted by molar-refractivity contribution is 5.71. The number of hydrogen-bond acceptors (Lipinski definition) is 6. The standard InChI is InChI=1S/C62H112O6/c1-4-7-10-13-16-19-22-25-27-29-31-33-34-37-40-43-46-49-52-55-61(64)67-58-59(57-66-60(63)54-51-48-45-42-39-36-24-21-18-15-12-9-6-3)68-62(65)56-53-50-47-44-41-38-35-32-30-28-26-23-20-17-14-11-8-5-2/h17,20,23,26,28,30,32,35,59H,4-16,18-19,21-22,24-25,27,29,31,33-34,36-58H2,1-3H3/b20-17-,26-23-,30-28-,35-32-. The zero-order valence-electron chi connectivity index (χ0n) is 45.4. The minimum atomic E-state index is -0.782. The Labute approximate surface area is 422 Å². The van der Waals surface area contributed by atoms with E-state index in [-0.39, 0.29) is 31.1 Å². The van der Waals surface area contributed by atoms with Crippen LogP contribution in [0, 0.1) is 0 Å². The topological polar surface area (TPSA) is 78.9 Å². The Morgan fingerprint density at radius 1 is 0.294 bits per heavy atom. The average Bonchev–Trinajstić information content (AvgIpc) is 3.34. The molecule has 0 N–H and O–H groups in total. The highest BCUT2D eigenvalue weighted by Crippen LogP contribution is 2.17. The molecule has 0 rings (SSSR count). The van der Waals surface area contributed by atoms with Gasteiger partial charge in [-0.1, -0.05) is 294 Å². The molecule has 0 radical (unpaired) electrons. The second-order valence-electron chi connectivity index (χ2n) is 20.0. The summed E-state index contributed by atoms with van der Waals surface area (Å²) >= 11 is 0. The van der Waals surface area contributed by atoms with Crippen molar-refractivity contribution in [1.82, 2.24) is 0 Å². The van der Waals surface area contributed by atoms with E-state index < -0.39 is 6.10 Å². The lowest BCUT2D eigenvalue weighted by molar-refractivity contribution is -0.167. The van der Waals surface area contributed by atoms with E-state index in [1.165, 1.54) is 186 Å². The van der Waals surface area contributed by atoms with Gasteiger partial charge in [0.25, 0.3) is 0 Å². The van der Waals surface area contributed by atoms with E-state index in [4.69, 9.17) is 14.2 Å². The Hall–Kier alpha value is -2.63. The maximum atomic E-state index is 12.9. The molecule has 0 fully saturated rings. The summed E-state index contributed by atoms with van der Waals surface area (Å²) in [4.78, 5) is 38.2. The Morgan fingerprint density at radius 3 is 0.853 bits per heavy atom. The third-order valence-corrected chi connectivity index (χ3v) is 13.2. The first-order valence-electron chi connectivity index (χ1n) is 29.7. The Morgan fingerprint density at radius 2 is 0.529 bits per heavy atom. The molecule has 0 bridgehead atoms. The lowest BCUT2D eigenvalue weighted by atomic mass is 10.0. The van der Waals surface area contributed by atoms with Crippen molar-refractivity contribution in [3.05, 3.63) is 48.6 Å². The number of rotatable bonds is 54. The number of carbonyl (C=O) groups is 3. The molecule has 0 aliphatic carbocycles. The molecule has 0 spiro atoms. The van der Waals surface area contributed by atoms with Crippen LogP contribution in [0.5, 0.6) is 0 Å². The van der Waals surface area contributed by atoms with Gasteiger partial charge in [0, 0.05) is 19.3 Å². The van der Waals surface area contributed by atoms with Gasteiger partial charge in [-0.25, -0.2) is 0 Å². The smallest absolute Gasteiger partial charge is 0.306 e. The number of esters is 3. The minimum absolute atomic E-state index is 0.0785. The molecule has 0 saturated heterocycles. The van der Waals surface area contributed by atoms with Crippen molar-refractivity contribution in [3.8, 4) is 0 Å². The van der Waals surface area contributed by atoms with Crippen molar-refractivity contribution >= 4 is 17.9 Å². The summed E-state index contributed by atoms with van der Waals surface area (Å²) in [5.41, 5.74) is 0. The summed E-state index contributed by atoms with van der Waals surface area (Å²) in [5.74, 6) is -0.883. The number of ether oxygens (including phenoxy) is 3. The zero-order chi connectivity index (χ0) is 49.3. The van der Waals surface area contributed by atoms with Gasteiger partial charge in [-0.05, 0) is 44.9 Å². The highest BCUT2D eigenvalue weighted by atomic mass is 16.6. The van der Waals surface area contributed by atoms with E-state index >= 15 is 0 Å². The van der Waals surface area contributed by atoms with Crippen LogP contribution >= 0.6 is 0 Å². The van der Waals surface area contributed by atoms with Crippen LogP contribution in [-0.4, -0.2) is 37.2 Å². The number of hydrogen-bond donors (Lipinski definition) is 0. The van der Waals surface area contributed by atoms with E-state index in [2.05, 4.69) is 69.4 Å². The average molecular weight is 954 g/mol. The number of unbranched alkanes of at least 4 members (excludes halogenated alkanes) is 38. The van der Waals surface area contributed by atoms with Crippen molar-refractivity contribution in [2.45, 2.75) is 316 Å². The van der Waals surface area contributed by atoms with Gasteiger partial charge in [-0.2, -0.15) is 0 Å². The molecule has 0 aromatic carbocycles. The number of allylic oxidation sites excluding steroid dienone is 8. The van der Waals surface area contributed by atoms with Gasteiger partial charge < -0.3 is 14.2 Å². The van der Waals surface area contributed by atoms with Crippen molar-refractivity contribution in [3.63, 3.8) is 0 Å². The molecule has 1 unspecified atom stereocenters. The summed E-state index contributed by atoms with van der Waals surface area (Å²) in [6, 6.07) is 0. The molecule has 1 atom stereocenters. The predicted octanol–water partition coefficient (Wildman–Crippen LogP) is 19.8. The monoisotopic (exact) mass is 953 g/mol. The Balaban J connectivity index is 4.37. The van der Waals surface area contributed by atoms with Gasteiger partial charge in [-0.3, -0.25) is 14.4 Å². The van der Waals surface area contributed by atoms with Crippen LogP contribution in [0.4, 0.5) is 0 Å². The molecule has 396 valence electrons. The fourth-order valence-corrected chi connectivity index (χ4v) is 8.69. The van der Waals surface area contributed by atoms with Crippen molar-refractivity contribution in [2.24, 2.45) is 0 Å². The van der Waals surface area contributed by atoms with Crippen molar-refractivity contribution in [1.29, 1.82) is 0 Å². The second kappa shape index (κ2) is 57.0. The van der Waals surface area contributed by atoms with Gasteiger partial charge in [0.2, 0.25) is 0 Å². The molecule has 6 nitrogen and oxygen atoms in total. The molecule has 0 aromatic heterocycles. The molecule has 6 heteroatoms. The van der Waals surface area contributed by atoms with E-state index in [1.54, 1.807) is 0 Å². The Bertz CT molecular complexity index is 1190. The van der Waals surface area contributed by atoms with Gasteiger partial charge in [0.1, 0.15) is 13.2 Å². The summed E-state index contributed by atoms with van der Waals surface area (Å²) in [7, 11) is 0. The fourth-order valence-electron chi connectivity index (χ4n) is 8.69. The largest absolute Gasteiger partial charge is 0.462 e. The maximum absolute atomic E-state index is 12.9. The Kier molecular flexibility index (Phi) is 54.8. The predicted molar refractivity (Wildman–Crippen MR) is 293 cm³/mol. The van der Waals surface area contributed by atoms with Crippen molar-refractivity contribution in [2.75, 3.05) is 13.2 Å². The molecule has 0 saturated carbocycles. The SMILES string of the molecule is CCCCC\C=C/C=C\C=C/C=C\CCCCCCCC(=O)OC(COC(=O)CCCCCCCCCCCCCCC)COC(=O)CCCCCCCCCCCCCCCCCCCCC. The summed E-state index contributed by atoms with van der Waals surface area (Å²) in [6.07, 6.45) is 69.5. The van der Waals surface area contributed by atoms with E-state index in [0.717, 1.165) is 83.5 Å². The van der Waals surface area contributed by atoms with E-state index in [0.29, 0.717) is 19.3 Å². The molecule has 0 aliphatic heterocycles. The van der Waals surface area contributed by atoms with Crippen LogP contribution in [0.3, 0.4) is 0 Å². The van der Waals surface area contributed by atoms with Gasteiger partial charge in [0.05, 0.1) is 0 Å². The second-order valence-corrected chi connectivity index (χ2v) is 20.0. The molecular weight excluding hydrogens is 841 g/mol. The first-order chi connectivity index (χ1) is 33.5. The molecule has 0 aliphatic rings. The summed E-state index contributed by atoms with van der Waals surface area (Å²) in [5, 5.41) is 0. The third-order valence-electron chi connectivity index (χ3n) is 13.2. The molecular formula is C62H112O6. The lowest BCUT2D eigenvalue weighted by Gasteiger charge is -2.18. The van der Waals surface area contributed by atoms with Crippen LogP contribution in [0.1, 0.15) is 310 Å². The van der Waals surface area contributed by atoms with Gasteiger partial charge >= 0.3 is 17.9 Å². The molecule has 0 heterocycles. The zero-order valence-corrected chi connectivity index (χ0v) is 45.4. The normalized spacial score (nSPS) is 12.3. The molecule has 0 amide bonds.